The summed E-state index contributed by atoms with van der Waals surface area (Å²) >= 11 is 1.53. The van der Waals surface area contributed by atoms with Gasteiger partial charge in [0.1, 0.15) is 6.04 Å². The zero-order valence-electron chi connectivity index (χ0n) is 11.8. The van der Waals surface area contributed by atoms with E-state index in [2.05, 4.69) is 10.1 Å². The Morgan fingerprint density at radius 2 is 2.14 bits per heavy atom. The topological polar surface area (TPSA) is 92.7 Å². The van der Waals surface area contributed by atoms with Gasteiger partial charge in [-0.05, 0) is 31.6 Å². The Kier molecular flexibility index (Phi) is 6.61. The monoisotopic (exact) mass is 311 g/mol. The van der Waals surface area contributed by atoms with E-state index in [9.17, 15) is 14.4 Å². The second-order valence-corrected chi connectivity index (χ2v) is 5.62. The number of ether oxygens (including phenoxy) is 1. The SMILES string of the molecule is COC(=O)CC[C@@H](NC(=O)/C=C/c1ccc(C)s1)C(=O)O. The van der Waals surface area contributed by atoms with Gasteiger partial charge < -0.3 is 15.2 Å². The van der Waals surface area contributed by atoms with E-state index >= 15 is 0 Å². The van der Waals surface area contributed by atoms with E-state index in [-0.39, 0.29) is 12.8 Å². The van der Waals surface area contributed by atoms with Crippen molar-refractivity contribution in [2.45, 2.75) is 25.8 Å². The highest BCUT2D eigenvalue weighted by Crippen LogP contribution is 2.16. The molecule has 0 saturated carbocycles. The van der Waals surface area contributed by atoms with Crippen molar-refractivity contribution in [1.29, 1.82) is 0 Å². The molecule has 7 heteroatoms. The number of hydrogen-bond acceptors (Lipinski definition) is 5. The molecule has 0 unspecified atom stereocenters. The first-order valence-electron chi connectivity index (χ1n) is 6.27. The van der Waals surface area contributed by atoms with Gasteiger partial charge in [0.2, 0.25) is 5.91 Å². The molecule has 1 heterocycles. The summed E-state index contributed by atoms with van der Waals surface area (Å²) in [6.07, 6.45) is 2.81. The van der Waals surface area contributed by atoms with Gasteiger partial charge in [-0.25, -0.2) is 4.79 Å². The summed E-state index contributed by atoms with van der Waals surface area (Å²) in [6, 6.07) is 2.68. The minimum Gasteiger partial charge on any atom is -0.480 e. The van der Waals surface area contributed by atoms with Crippen molar-refractivity contribution in [3.8, 4) is 0 Å². The number of methoxy groups -OCH3 is 1. The molecule has 1 rings (SSSR count). The van der Waals surface area contributed by atoms with E-state index in [1.165, 1.54) is 24.5 Å². The molecule has 0 aliphatic rings. The van der Waals surface area contributed by atoms with E-state index in [1.807, 2.05) is 19.1 Å². The van der Waals surface area contributed by atoms with E-state index in [0.29, 0.717) is 0 Å². The number of hydrogen-bond donors (Lipinski definition) is 2. The molecule has 0 aliphatic heterocycles. The lowest BCUT2D eigenvalue weighted by Gasteiger charge is -2.12. The predicted molar refractivity (Wildman–Crippen MR) is 78.9 cm³/mol. The average Bonchev–Trinajstić information content (AvgIpc) is 2.86. The summed E-state index contributed by atoms with van der Waals surface area (Å²) in [5, 5.41) is 11.4. The number of thiophene rings is 1. The number of amides is 1. The lowest BCUT2D eigenvalue weighted by atomic mass is 10.1. The summed E-state index contributed by atoms with van der Waals surface area (Å²) in [6.45, 7) is 1.95. The van der Waals surface area contributed by atoms with Gasteiger partial charge in [-0.3, -0.25) is 9.59 Å². The molecule has 0 aromatic carbocycles. The van der Waals surface area contributed by atoms with Gasteiger partial charge >= 0.3 is 11.9 Å². The van der Waals surface area contributed by atoms with Crippen LogP contribution in [-0.4, -0.2) is 36.1 Å². The molecule has 21 heavy (non-hydrogen) atoms. The fourth-order valence-electron chi connectivity index (χ4n) is 1.54. The highest BCUT2D eigenvalue weighted by atomic mass is 32.1. The molecule has 0 fully saturated rings. The number of aryl methyl sites for hydroxylation is 1. The molecule has 0 radical (unpaired) electrons. The molecule has 0 spiro atoms. The summed E-state index contributed by atoms with van der Waals surface area (Å²) in [5.74, 6) is -2.22. The van der Waals surface area contributed by atoms with Crippen molar-refractivity contribution in [1.82, 2.24) is 5.32 Å². The maximum absolute atomic E-state index is 11.7. The number of carbonyl (C=O) groups is 3. The third-order valence-corrected chi connectivity index (χ3v) is 3.61. The van der Waals surface area contributed by atoms with Crippen molar-refractivity contribution in [2.24, 2.45) is 0 Å². The number of esters is 1. The van der Waals surface area contributed by atoms with Crippen LogP contribution in [0.5, 0.6) is 0 Å². The van der Waals surface area contributed by atoms with Gasteiger partial charge in [0.25, 0.3) is 0 Å². The molecule has 114 valence electrons. The molecule has 1 aromatic heterocycles. The molecule has 0 saturated heterocycles. The average molecular weight is 311 g/mol. The minimum atomic E-state index is -1.19. The first-order chi connectivity index (χ1) is 9.92. The van der Waals surface area contributed by atoms with Crippen LogP contribution < -0.4 is 5.32 Å². The molecule has 0 aliphatic carbocycles. The third-order valence-electron chi connectivity index (χ3n) is 2.64. The van der Waals surface area contributed by atoms with E-state index in [1.54, 1.807) is 6.08 Å². The lowest BCUT2D eigenvalue weighted by Crippen LogP contribution is -2.40. The summed E-state index contributed by atoms with van der Waals surface area (Å²) in [4.78, 5) is 35.7. The number of aliphatic carboxylic acids is 1. The highest BCUT2D eigenvalue weighted by molar-refractivity contribution is 7.12. The first kappa shape index (κ1) is 16.9. The highest BCUT2D eigenvalue weighted by Gasteiger charge is 2.20. The lowest BCUT2D eigenvalue weighted by molar-refractivity contribution is -0.143. The molecule has 1 atom stereocenters. The summed E-state index contributed by atoms with van der Waals surface area (Å²) in [5.41, 5.74) is 0. The summed E-state index contributed by atoms with van der Waals surface area (Å²) in [7, 11) is 1.22. The number of nitrogens with one attached hydrogen (secondary N) is 1. The normalized spacial score (nSPS) is 12.1. The second-order valence-electron chi connectivity index (χ2n) is 4.30. The van der Waals surface area contributed by atoms with Gasteiger partial charge in [-0.1, -0.05) is 0 Å². The second kappa shape index (κ2) is 8.21. The predicted octanol–water partition coefficient (Wildman–Crippen LogP) is 1.59. The van der Waals surface area contributed by atoms with Gasteiger partial charge in [0.05, 0.1) is 7.11 Å². The molecular formula is C14H17NO5S. The number of carbonyl (C=O) groups excluding carboxylic acids is 2. The molecular weight excluding hydrogens is 294 g/mol. The van der Waals surface area contributed by atoms with Crippen molar-refractivity contribution < 1.29 is 24.2 Å². The maximum atomic E-state index is 11.7. The minimum absolute atomic E-state index is 0.0142. The first-order valence-corrected chi connectivity index (χ1v) is 7.08. The zero-order valence-corrected chi connectivity index (χ0v) is 12.6. The van der Waals surface area contributed by atoms with Gasteiger partial charge in [0.15, 0.2) is 0 Å². The molecule has 2 N–H and O–H groups in total. The number of carboxylic acid groups (broad SMARTS) is 1. The van der Waals surface area contributed by atoms with Crippen LogP contribution in [-0.2, 0) is 19.1 Å². The Morgan fingerprint density at radius 1 is 1.43 bits per heavy atom. The third kappa shape index (κ3) is 6.22. The van der Waals surface area contributed by atoms with Crippen LogP contribution in [0.25, 0.3) is 6.08 Å². The quantitative estimate of drug-likeness (QED) is 0.589. The van der Waals surface area contributed by atoms with Crippen LogP contribution in [0.2, 0.25) is 0 Å². The Labute approximate surface area is 126 Å². The fourth-order valence-corrected chi connectivity index (χ4v) is 2.32. The summed E-state index contributed by atoms with van der Waals surface area (Å²) < 4.78 is 4.44. The van der Waals surface area contributed by atoms with Gasteiger partial charge in [0, 0.05) is 22.3 Å². The van der Waals surface area contributed by atoms with Crippen LogP contribution in [0.15, 0.2) is 18.2 Å². The van der Waals surface area contributed by atoms with Crippen molar-refractivity contribution in [3.63, 3.8) is 0 Å². The van der Waals surface area contributed by atoms with Crippen LogP contribution in [0.1, 0.15) is 22.6 Å². The Balaban J connectivity index is 2.54. The smallest absolute Gasteiger partial charge is 0.326 e. The Bertz CT molecular complexity index is 549. The molecule has 1 aromatic rings. The Hall–Kier alpha value is -2.15. The van der Waals surface area contributed by atoms with Crippen molar-refractivity contribution in [2.75, 3.05) is 7.11 Å². The van der Waals surface area contributed by atoms with Crippen LogP contribution in [0, 0.1) is 6.92 Å². The standard InChI is InChI=1S/C14H17NO5S/c1-9-3-4-10(21-9)5-7-12(16)15-11(14(18)19)6-8-13(17)20-2/h3-5,7,11H,6,8H2,1-2H3,(H,15,16)(H,18,19)/b7-5+/t11-/m1/s1. The van der Waals surface area contributed by atoms with Gasteiger partial charge in [-0.2, -0.15) is 0 Å². The molecule has 6 nitrogen and oxygen atoms in total. The van der Waals surface area contributed by atoms with Crippen LogP contribution in [0.3, 0.4) is 0 Å². The zero-order chi connectivity index (χ0) is 15.8. The van der Waals surface area contributed by atoms with Crippen LogP contribution >= 0.6 is 11.3 Å². The molecule has 0 bridgehead atoms. The fraction of sp³-hybridized carbons (Fsp3) is 0.357. The largest absolute Gasteiger partial charge is 0.480 e. The van der Waals surface area contributed by atoms with E-state index < -0.39 is 23.9 Å². The van der Waals surface area contributed by atoms with Crippen molar-refractivity contribution in [3.05, 3.63) is 28.0 Å². The Morgan fingerprint density at radius 3 is 2.67 bits per heavy atom. The maximum Gasteiger partial charge on any atom is 0.326 e. The van der Waals surface area contributed by atoms with E-state index in [4.69, 9.17) is 5.11 Å². The number of rotatable bonds is 7. The van der Waals surface area contributed by atoms with Gasteiger partial charge in [-0.15, -0.1) is 11.3 Å². The van der Waals surface area contributed by atoms with E-state index in [0.717, 1.165) is 9.75 Å². The molecule has 1 amide bonds. The van der Waals surface area contributed by atoms with Crippen LogP contribution in [0.4, 0.5) is 0 Å². The van der Waals surface area contributed by atoms with Crippen molar-refractivity contribution >= 4 is 35.3 Å². The number of carboxylic acids is 1.